The zero-order valence-electron chi connectivity index (χ0n) is 15.4. The first kappa shape index (κ1) is 20.6. The van der Waals surface area contributed by atoms with E-state index < -0.39 is 21.5 Å². The smallest absolute Gasteiger partial charge is 0.269 e. The molecule has 0 saturated heterocycles. The average molecular weight is 389 g/mol. The van der Waals surface area contributed by atoms with Gasteiger partial charge in [-0.15, -0.1) is 0 Å². The molecule has 2 amide bonds. The molecule has 7 nitrogen and oxygen atoms in total. The maximum absolute atomic E-state index is 12.4. The molecule has 0 aliphatic carbocycles. The zero-order valence-corrected chi connectivity index (χ0v) is 16.3. The van der Waals surface area contributed by atoms with E-state index in [1.807, 2.05) is 18.2 Å². The highest BCUT2D eigenvalue weighted by Crippen LogP contribution is 2.14. The SMILES string of the molecule is CC(C)(C)NS(=O)(=O)c1cccc(C(=O)NNC(=O)Cc2ccccc2)c1. The number of benzene rings is 2. The molecule has 0 saturated carbocycles. The summed E-state index contributed by atoms with van der Waals surface area (Å²) in [6.07, 6.45) is 0.116. The van der Waals surface area contributed by atoms with E-state index in [0.717, 1.165) is 5.56 Å². The van der Waals surface area contributed by atoms with E-state index in [2.05, 4.69) is 15.6 Å². The first-order valence-corrected chi connectivity index (χ1v) is 9.82. The molecule has 3 N–H and O–H groups in total. The van der Waals surface area contributed by atoms with Crippen LogP contribution < -0.4 is 15.6 Å². The van der Waals surface area contributed by atoms with Gasteiger partial charge in [-0.05, 0) is 44.5 Å². The summed E-state index contributed by atoms with van der Waals surface area (Å²) >= 11 is 0. The fraction of sp³-hybridized carbons (Fsp3) is 0.263. The highest BCUT2D eigenvalue weighted by molar-refractivity contribution is 7.89. The third kappa shape index (κ3) is 6.50. The maximum Gasteiger partial charge on any atom is 0.269 e. The fourth-order valence-electron chi connectivity index (χ4n) is 2.29. The molecule has 27 heavy (non-hydrogen) atoms. The molecule has 2 aromatic carbocycles. The minimum atomic E-state index is -3.76. The second-order valence-electron chi connectivity index (χ2n) is 7.05. The second-order valence-corrected chi connectivity index (χ2v) is 8.73. The largest absolute Gasteiger partial charge is 0.273 e. The molecule has 0 aromatic heterocycles. The summed E-state index contributed by atoms with van der Waals surface area (Å²) in [5.41, 5.74) is 4.89. The summed E-state index contributed by atoms with van der Waals surface area (Å²) in [6, 6.07) is 14.7. The van der Waals surface area contributed by atoms with Gasteiger partial charge in [0.25, 0.3) is 5.91 Å². The summed E-state index contributed by atoms with van der Waals surface area (Å²) < 4.78 is 27.3. The van der Waals surface area contributed by atoms with Crippen LogP contribution in [-0.2, 0) is 21.2 Å². The van der Waals surface area contributed by atoms with Crippen LogP contribution in [0, 0.1) is 0 Å². The number of amides is 2. The first-order chi connectivity index (χ1) is 12.6. The standard InChI is InChI=1S/C19H23N3O4S/c1-19(2,3)22-27(25,26)16-11-7-10-15(13-16)18(24)21-20-17(23)12-14-8-5-4-6-9-14/h4-11,13,22H,12H2,1-3H3,(H,20,23)(H,21,24). The minimum Gasteiger partial charge on any atom is -0.273 e. The molecule has 0 unspecified atom stereocenters. The van der Waals surface area contributed by atoms with Crippen LogP contribution in [0.25, 0.3) is 0 Å². The van der Waals surface area contributed by atoms with Gasteiger partial charge in [-0.25, -0.2) is 13.1 Å². The van der Waals surface area contributed by atoms with Gasteiger partial charge in [0.1, 0.15) is 0 Å². The van der Waals surface area contributed by atoms with Crippen molar-refractivity contribution in [2.24, 2.45) is 0 Å². The zero-order chi connectivity index (χ0) is 20.1. The summed E-state index contributed by atoms with van der Waals surface area (Å²) in [6.45, 7) is 5.18. The molecule has 0 bridgehead atoms. The highest BCUT2D eigenvalue weighted by atomic mass is 32.2. The molecule has 2 rings (SSSR count). The molecular weight excluding hydrogens is 366 g/mol. The van der Waals surface area contributed by atoms with E-state index in [1.165, 1.54) is 24.3 Å². The van der Waals surface area contributed by atoms with Crippen molar-refractivity contribution < 1.29 is 18.0 Å². The molecular formula is C19H23N3O4S. The predicted octanol–water partition coefficient (Wildman–Crippen LogP) is 1.77. The molecule has 2 aromatic rings. The van der Waals surface area contributed by atoms with Crippen LogP contribution in [0.5, 0.6) is 0 Å². The van der Waals surface area contributed by atoms with Gasteiger partial charge in [-0.3, -0.25) is 20.4 Å². The Kier molecular flexibility index (Phi) is 6.35. The molecule has 8 heteroatoms. The molecule has 0 radical (unpaired) electrons. The van der Waals surface area contributed by atoms with Crippen molar-refractivity contribution in [2.75, 3.05) is 0 Å². The molecule has 0 heterocycles. The van der Waals surface area contributed by atoms with Crippen LogP contribution in [0.1, 0.15) is 36.7 Å². The van der Waals surface area contributed by atoms with Gasteiger partial charge in [0.15, 0.2) is 0 Å². The molecule has 0 aliphatic rings. The second kappa shape index (κ2) is 8.32. The van der Waals surface area contributed by atoms with E-state index in [4.69, 9.17) is 0 Å². The first-order valence-electron chi connectivity index (χ1n) is 8.34. The predicted molar refractivity (Wildman–Crippen MR) is 102 cm³/mol. The van der Waals surface area contributed by atoms with Gasteiger partial charge in [0.2, 0.25) is 15.9 Å². The topological polar surface area (TPSA) is 104 Å². The van der Waals surface area contributed by atoms with Gasteiger partial charge < -0.3 is 0 Å². The Morgan fingerprint density at radius 2 is 1.59 bits per heavy atom. The number of sulfonamides is 1. The van der Waals surface area contributed by atoms with Gasteiger partial charge in [-0.1, -0.05) is 36.4 Å². The van der Waals surface area contributed by atoms with Crippen molar-refractivity contribution >= 4 is 21.8 Å². The summed E-state index contributed by atoms with van der Waals surface area (Å²) in [4.78, 5) is 24.1. The third-order valence-corrected chi connectivity index (χ3v) is 5.13. The van der Waals surface area contributed by atoms with Crippen molar-refractivity contribution in [3.63, 3.8) is 0 Å². The number of carbonyl (C=O) groups is 2. The van der Waals surface area contributed by atoms with E-state index in [9.17, 15) is 18.0 Å². The monoisotopic (exact) mass is 389 g/mol. The van der Waals surface area contributed by atoms with Crippen LogP contribution >= 0.6 is 0 Å². The number of hydrogen-bond acceptors (Lipinski definition) is 4. The lowest BCUT2D eigenvalue weighted by molar-refractivity contribution is -0.121. The maximum atomic E-state index is 12.4. The lowest BCUT2D eigenvalue weighted by Gasteiger charge is -2.20. The quantitative estimate of drug-likeness (QED) is 0.678. The van der Waals surface area contributed by atoms with Crippen LogP contribution in [0.15, 0.2) is 59.5 Å². The number of rotatable bonds is 5. The lowest BCUT2D eigenvalue weighted by atomic mass is 10.1. The minimum absolute atomic E-state index is 0.0271. The van der Waals surface area contributed by atoms with E-state index in [0.29, 0.717) is 0 Å². The summed E-state index contributed by atoms with van der Waals surface area (Å²) in [5.74, 6) is -0.989. The number of hydrazine groups is 1. The van der Waals surface area contributed by atoms with E-state index >= 15 is 0 Å². The summed E-state index contributed by atoms with van der Waals surface area (Å²) in [7, 11) is -3.76. The number of carbonyl (C=O) groups excluding carboxylic acids is 2. The van der Waals surface area contributed by atoms with Crippen molar-refractivity contribution in [2.45, 2.75) is 37.6 Å². The van der Waals surface area contributed by atoms with Crippen LogP contribution in [0.4, 0.5) is 0 Å². The van der Waals surface area contributed by atoms with Gasteiger partial charge >= 0.3 is 0 Å². The molecule has 144 valence electrons. The van der Waals surface area contributed by atoms with Gasteiger partial charge in [0, 0.05) is 11.1 Å². The third-order valence-electron chi connectivity index (χ3n) is 3.37. The van der Waals surface area contributed by atoms with Crippen molar-refractivity contribution in [1.82, 2.24) is 15.6 Å². The van der Waals surface area contributed by atoms with Crippen molar-refractivity contribution in [3.05, 3.63) is 65.7 Å². The molecule has 0 atom stereocenters. The summed E-state index contributed by atoms with van der Waals surface area (Å²) in [5, 5.41) is 0. The number of hydrogen-bond donors (Lipinski definition) is 3. The van der Waals surface area contributed by atoms with Crippen LogP contribution in [0.2, 0.25) is 0 Å². The van der Waals surface area contributed by atoms with E-state index in [1.54, 1.807) is 32.9 Å². The van der Waals surface area contributed by atoms with Crippen molar-refractivity contribution in [1.29, 1.82) is 0 Å². The van der Waals surface area contributed by atoms with Crippen molar-refractivity contribution in [3.8, 4) is 0 Å². The molecule has 0 fully saturated rings. The fourth-order valence-corrected chi connectivity index (χ4v) is 3.75. The van der Waals surface area contributed by atoms with Gasteiger partial charge in [-0.2, -0.15) is 0 Å². The Balaban J connectivity index is 2.02. The highest BCUT2D eigenvalue weighted by Gasteiger charge is 2.22. The Labute approximate surface area is 159 Å². The van der Waals surface area contributed by atoms with Crippen LogP contribution in [-0.4, -0.2) is 25.8 Å². The Morgan fingerprint density at radius 1 is 0.926 bits per heavy atom. The normalized spacial score (nSPS) is 11.7. The Hall–Kier alpha value is -2.71. The van der Waals surface area contributed by atoms with Gasteiger partial charge in [0.05, 0.1) is 11.3 Å². The molecule has 0 aliphatic heterocycles. The van der Waals surface area contributed by atoms with E-state index in [-0.39, 0.29) is 22.8 Å². The number of nitrogens with one attached hydrogen (secondary N) is 3. The van der Waals surface area contributed by atoms with Crippen LogP contribution in [0.3, 0.4) is 0 Å². The average Bonchev–Trinajstić information content (AvgIpc) is 2.58. The Morgan fingerprint density at radius 3 is 2.22 bits per heavy atom. The lowest BCUT2D eigenvalue weighted by Crippen LogP contribution is -2.42. The molecule has 0 spiro atoms. The Bertz CT molecular complexity index is 919.